The molecule has 5 aromatic rings. The summed E-state index contributed by atoms with van der Waals surface area (Å²) in [5.74, 6) is 0. The number of ether oxygens (including phenoxy) is 2. The van der Waals surface area contributed by atoms with Crippen molar-refractivity contribution in [3.63, 3.8) is 0 Å². The molecule has 9 rings (SSSR count). The van der Waals surface area contributed by atoms with Crippen LogP contribution in [0.3, 0.4) is 0 Å². The fourth-order valence-corrected chi connectivity index (χ4v) is 8.42. The normalized spacial score (nSPS) is 21.2. The Morgan fingerprint density at radius 3 is 1.00 bits per heavy atom. The van der Waals surface area contributed by atoms with Crippen LogP contribution in [-0.4, -0.2) is 25.4 Å². The molecule has 0 amide bonds. The molecule has 2 unspecified atom stereocenters. The van der Waals surface area contributed by atoms with Crippen LogP contribution in [-0.2, 0) is 33.1 Å². The number of epoxide rings is 2. The molecule has 2 saturated heterocycles. The summed E-state index contributed by atoms with van der Waals surface area (Å²) in [6, 6.07) is 45.7. The third kappa shape index (κ3) is 3.79. The number of hydrogen-bond donors (Lipinski definition) is 0. The molecule has 0 radical (unpaired) electrons. The molecule has 2 heterocycles. The summed E-state index contributed by atoms with van der Waals surface area (Å²) in [6.07, 6.45) is 4.70. The Morgan fingerprint density at radius 2 is 0.714 bits per heavy atom. The molecule has 206 valence electrons. The van der Waals surface area contributed by atoms with Crippen LogP contribution in [0, 0.1) is 0 Å². The van der Waals surface area contributed by atoms with Gasteiger partial charge in [0.2, 0.25) is 0 Å². The molecule has 0 spiro atoms. The summed E-state index contributed by atoms with van der Waals surface area (Å²) >= 11 is 0. The Balaban J connectivity index is 1.09. The highest BCUT2D eigenvalue weighted by atomic mass is 16.6. The van der Waals surface area contributed by atoms with Gasteiger partial charge in [-0.1, -0.05) is 121 Å². The lowest BCUT2D eigenvalue weighted by Gasteiger charge is -2.33. The molecule has 2 atom stereocenters. The van der Waals surface area contributed by atoms with Crippen molar-refractivity contribution < 1.29 is 9.47 Å². The number of hydrogen-bond acceptors (Lipinski definition) is 2. The smallest absolute Gasteiger partial charge is 0.0821 e. The molecule has 0 aromatic heterocycles. The van der Waals surface area contributed by atoms with Crippen molar-refractivity contribution in [1.82, 2.24) is 0 Å². The molecule has 2 fully saturated rings. The van der Waals surface area contributed by atoms with Crippen LogP contribution in [0.2, 0.25) is 0 Å². The molecule has 2 nitrogen and oxygen atoms in total. The van der Waals surface area contributed by atoms with E-state index in [0.29, 0.717) is 12.2 Å². The topological polar surface area (TPSA) is 25.1 Å². The second-order valence-corrected chi connectivity index (χ2v) is 12.8. The van der Waals surface area contributed by atoms with Gasteiger partial charge in [0, 0.05) is 10.8 Å². The highest BCUT2D eigenvalue weighted by Gasteiger charge is 2.48. The van der Waals surface area contributed by atoms with Crippen LogP contribution in [0.4, 0.5) is 0 Å². The van der Waals surface area contributed by atoms with Crippen LogP contribution >= 0.6 is 0 Å². The molecule has 4 aliphatic rings. The Kier molecular flexibility index (Phi) is 5.42. The predicted molar refractivity (Wildman–Crippen MR) is 168 cm³/mol. The molecule has 2 aliphatic carbocycles. The van der Waals surface area contributed by atoms with E-state index in [1.165, 1.54) is 55.6 Å². The van der Waals surface area contributed by atoms with Crippen molar-refractivity contribution in [3.05, 3.63) is 155 Å². The molecule has 2 heteroatoms. The van der Waals surface area contributed by atoms with E-state index < -0.39 is 0 Å². The highest BCUT2D eigenvalue weighted by Crippen LogP contribution is 2.55. The van der Waals surface area contributed by atoms with Gasteiger partial charge in [0.25, 0.3) is 0 Å². The zero-order valence-corrected chi connectivity index (χ0v) is 23.8. The summed E-state index contributed by atoms with van der Waals surface area (Å²) < 4.78 is 11.7. The van der Waals surface area contributed by atoms with Gasteiger partial charge in [-0.15, -0.1) is 0 Å². The Hall–Kier alpha value is -3.98. The third-order valence-corrected chi connectivity index (χ3v) is 10.3. The van der Waals surface area contributed by atoms with Crippen LogP contribution in [0.5, 0.6) is 0 Å². The zero-order valence-electron chi connectivity index (χ0n) is 23.8. The first kappa shape index (κ1) is 24.6. The summed E-state index contributed by atoms with van der Waals surface area (Å²) in [6.45, 7) is 1.75. The first-order chi connectivity index (χ1) is 20.7. The van der Waals surface area contributed by atoms with Gasteiger partial charge >= 0.3 is 0 Å². The first-order valence-electron chi connectivity index (χ1n) is 15.4. The average Bonchev–Trinajstić information content (AvgIpc) is 3.98. The average molecular weight is 547 g/mol. The van der Waals surface area contributed by atoms with E-state index in [-0.39, 0.29) is 10.8 Å². The molecule has 0 saturated carbocycles. The summed E-state index contributed by atoms with van der Waals surface area (Å²) in [7, 11) is 0. The predicted octanol–water partition coefficient (Wildman–Crippen LogP) is 8.28. The largest absolute Gasteiger partial charge is 0.373 e. The van der Waals surface area contributed by atoms with Crippen LogP contribution in [0.25, 0.3) is 22.3 Å². The van der Waals surface area contributed by atoms with Crippen molar-refractivity contribution in [2.75, 3.05) is 13.2 Å². The van der Waals surface area contributed by atoms with Crippen LogP contribution in [0.1, 0.15) is 46.2 Å². The van der Waals surface area contributed by atoms with Crippen molar-refractivity contribution in [2.45, 2.75) is 48.7 Å². The van der Waals surface area contributed by atoms with Gasteiger partial charge < -0.3 is 9.47 Å². The van der Waals surface area contributed by atoms with Gasteiger partial charge in [0.05, 0.1) is 25.4 Å². The summed E-state index contributed by atoms with van der Waals surface area (Å²) in [5, 5.41) is 0. The fraction of sp³-hybridized carbons (Fsp3) is 0.250. The van der Waals surface area contributed by atoms with Gasteiger partial charge in [0.1, 0.15) is 0 Å². The maximum atomic E-state index is 5.85. The Labute approximate surface area is 248 Å². The minimum Gasteiger partial charge on any atom is -0.373 e. The van der Waals surface area contributed by atoms with Gasteiger partial charge in [-0.2, -0.15) is 0 Å². The fourth-order valence-electron chi connectivity index (χ4n) is 8.42. The van der Waals surface area contributed by atoms with Gasteiger partial charge in [-0.25, -0.2) is 0 Å². The lowest BCUT2D eigenvalue weighted by Crippen LogP contribution is -2.31. The third-order valence-electron chi connectivity index (χ3n) is 10.3. The minimum atomic E-state index is -0.0657. The number of fused-ring (bicyclic) bond motifs is 6. The SMILES string of the molecule is c1ccc2c(c1)-c1ccccc1C2(Cc1ccc(CC2(CC3CO3)c3ccccc3-c3ccccc32)cc1)CC1CO1. The van der Waals surface area contributed by atoms with Gasteiger partial charge in [-0.05, 0) is 81.3 Å². The molecule has 42 heavy (non-hydrogen) atoms. The molecule has 5 aromatic carbocycles. The maximum absolute atomic E-state index is 5.85. The van der Waals surface area contributed by atoms with Crippen molar-refractivity contribution in [1.29, 1.82) is 0 Å². The van der Waals surface area contributed by atoms with E-state index in [9.17, 15) is 0 Å². The standard InChI is InChI=1S/C40H34O2/c1-5-13-35-31(9-1)32-10-2-6-14-36(32)39(35,23-29-25-41-29)21-27-17-19-28(20-18-27)22-40(24-30-26-42-30)37-15-7-3-11-33(37)34-12-4-8-16-38(34)40/h1-20,29-30H,21-26H2. The van der Waals surface area contributed by atoms with Gasteiger partial charge in [-0.3, -0.25) is 0 Å². The second kappa shape index (κ2) is 9.26. The molecule has 0 N–H and O–H groups in total. The molecular formula is C40H34O2. The molecule has 0 bridgehead atoms. The van der Waals surface area contributed by atoms with Crippen molar-refractivity contribution in [3.8, 4) is 22.3 Å². The minimum absolute atomic E-state index is 0.0657. The molecule has 2 aliphatic heterocycles. The van der Waals surface area contributed by atoms with E-state index in [0.717, 1.165) is 38.9 Å². The lowest BCUT2D eigenvalue weighted by atomic mass is 9.69. The quantitative estimate of drug-likeness (QED) is 0.183. The monoisotopic (exact) mass is 546 g/mol. The Bertz CT molecular complexity index is 1580. The van der Waals surface area contributed by atoms with Crippen molar-refractivity contribution >= 4 is 0 Å². The van der Waals surface area contributed by atoms with Crippen molar-refractivity contribution in [2.24, 2.45) is 0 Å². The summed E-state index contributed by atoms with van der Waals surface area (Å²) in [5.41, 5.74) is 14.0. The lowest BCUT2D eigenvalue weighted by molar-refractivity contribution is 0.346. The second-order valence-electron chi connectivity index (χ2n) is 12.8. The highest BCUT2D eigenvalue weighted by molar-refractivity contribution is 5.82. The first-order valence-corrected chi connectivity index (χ1v) is 15.4. The number of rotatable bonds is 8. The maximum Gasteiger partial charge on any atom is 0.0821 e. The van der Waals surface area contributed by atoms with Crippen LogP contribution < -0.4 is 0 Å². The van der Waals surface area contributed by atoms with E-state index >= 15 is 0 Å². The van der Waals surface area contributed by atoms with E-state index in [1.54, 1.807) is 0 Å². The van der Waals surface area contributed by atoms with Gasteiger partial charge in [0.15, 0.2) is 0 Å². The number of benzene rings is 5. The zero-order chi connectivity index (χ0) is 27.7. The Morgan fingerprint density at radius 1 is 0.429 bits per heavy atom. The van der Waals surface area contributed by atoms with E-state index in [4.69, 9.17) is 9.47 Å². The van der Waals surface area contributed by atoms with Crippen LogP contribution in [0.15, 0.2) is 121 Å². The molecular weight excluding hydrogens is 512 g/mol. The van der Waals surface area contributed by atoms with E-state index in [1.807, 2.05) is 0 Å². The summed E-state index contributed by atoms with van der Waals surface area (Å²) in [4.78, 5) is 0. The van der Waals surface area contributed by atoms with E-state index in [2.05, 4.69) is 121 Å².